The predicted molar refractivity (Wildman–Crippen MR) is 97.0 cm³/mol. The van der Waals surface area contributed by atoms with Crippen LogP contribution in [-0.2, 0) is 0 Å². The van der Waals surface area contributed by atoms with E-state index in [1.54, 1.807) is 0 Å². The van der Waals surface area contributed by atoms with Gasteiger partial charge in [-0.3, -0.25) is 4.68 Å². The van der Waals surface area contributed by atoms with E-state index >= 15 is 0 Å². The smallest absolute Gasteiger partial charge is 0.278 e. The summed E-state index contributed by atoms with van der Waals surface area (Å²) in [5.41, 5.74) is 1.62. The molecule has 6 nitrogen and oxygen atoms in total. The van der Waals surface area contributed by atoms with Gasteiger partial charge >= 0.3 is 0 Å². The summed E-state index contributed by atoms with van der Waals surface area (Å²) in [4.78, 5) is 4.46. The van der Waals surface area contributed by atoms with Crippen molar-refractivity contribution >= 4 is 28.3 Å². The molecule has 0 radical (unpaired) electrons. The molecule has 0 amide bonds. The van der Waals surface area contributed by atoms with Crippen molar-refractivity contribution in [2.24, 2.45) is 0 Å². The Balaban J connectivity index is 0.00000169. The van der Waals surface area contributed by atoms with E-state index in [0.717, 1.165) is 29.5 Å². The van der Waals surface area contributed by atoms with Crippen molar-refractivity contribution in [1.82, 2.24) is 25.2 Å². The Labute approximate surface area is 154 Å². The highest BCUT2D eigenvalue weighted by atomic mass is 79.9. The maximum atomic E-state index is 5.38. The Morgan fingerprint density at radius 3 is 3.00 bits per heavy atom. The SMILES string of the molecule is Brc1cccc(-c2noc(-c3ccn(C4CCCNC4)n3)n2)c1.Cl. The van der Waals surface area contributed by atoms with Gasteiger partial charge in [-0.2, -0.15) is 10.1 Å². The number of piperidine rings is 1. The second kappa shape index (κ2) is 7.46. The van der Waals surface area contributed by atoms with Crippen LogP contribution >= 0.6 is 28.3 Å². The minimum atomic E-state index is 0. The average molecular weight is 411 g/mol. The molecule has 0 bridgehead atoms. The molecule has 1 N–H and O–H groups in total. The zero-order valence-corrected chi connectivity index (χ0v) is 15.3. The number of rotatable bonds is 3. The van der Waals surface area contributed by atoms with Gasteiger partial charge in [0.05, 0.1) is 6.04 Å². The molecule has 4 rings (SSSR count). The van der Waals surface area contributed by atoms with E-state index in [0.29, 0.717) is 23.5 Å². The Hall–Kier alpha value is -1.70. The lowest BCUT2D eigenvalue weighted by Crippen LogP contribution is -2.31. The van der Waals surface area contributed by atoms with E-state index in [1.807, 2.05) is 41.2 Å². The van der Waals surface area contributed by atoms with Crippen molar-refractivity contribution in [3.05, 3.63) is 41.0 Å². The lowest BCUT2D eigenvalue weighted by Gasteiger charge is -2.22. The van der Waals surface area contributed by atoms with Crippen LogP contribution in [0.5, 0.6) is 0 Å². The van der Waals surface area contributed by atoms with Gasteiger partial charge in [-0.25, -0.2) is 0 Å². The van der Waals surface area contributed by atoms with Gasteiger partial charge in [0.2, 0.25) is 5.82 Å². The number of benzene rings is 1. The van der Waals surface area contributed by atoms with Crippen LogP contribution in [0.4, 0.5) is 0 Å². The largest absolute Gasteiger partial charge is 0.332 e. The van der Waals surface area contributed by atoms with Crippen molar-refractivity contribution in [2.75, 3.05) is 13.1 Å². The Morgan fingerprint density at radius 1 is 1.29 bits per heavy atom. The highest BCUT2D eigenvalue weighted by Crippen LogP contribution is 2.24. The van der Waals surface area contributed by atoms with E-state index in [2.05, 4.69) is 36.5 Å². The van der Waals surface area contributed by atoms with E-state index in [-0.39, 0.29) is 12.4 Å². The minimum absolute atomic E-state index is 0. The highest BCUT2D eigenvalue weighted by Gasteiger charge is 2.18. The molecule has 0 spiro atoms. The molecule has 3 aromatic rings. The number of aromatic nitrogens is 4. The summed E-state index contributed by atoms with van der Waals surface area (Å²) in [5, 5.41) is 12.1. The van der Waals surface area contributed by atoms with Crippen molar-refractivity contribution < 1.29 is 4.52 Å². The van der Waals surface area contributed by atoms with Crippen LogP contribution in [0, 0.1) is 0 Å². The summed E-state index contributed by atoms with van der Waals surface area (Å²) in [7, 11) is 0. The number of hydrogen-bond acceptors (Lipinski definition) is 5. The van der Waals surface area contributed by atoms with Crippen LogP contribution in [0.25, 0.3) is 23.0 Å². The fourth-order valence-corrected chi connectivity index (χ4v) is 3.19. The first-order valence-electron chi connectivity index (χ1n) is 7.65. The van der Waals surface area contributed by atoms with Crippen LogP contribution in [0.15, 0.2) is 45.5 Å². The minimum Gasteiger partial charge on any atom is -0.332 e. The monoisotopic (exact) mass is 409 g/mol. The summed E-state index contributed by atoms with van der Waals surface area (Å²) >= 11 is 3.45. The number of hydrogen-bond donors (Lipinski definition) is 1. The topological polar surface area (TPSA) is 68.8 Å². The molecule has 2 aromatic heterocycles. The van der Waals surface area contributed by atoms with Gasteiger partial charge < -0.3 is 9.84 Å². The molecule has 0 saturated carbocycles. The quantitative estimate of drug-likeness (QED) is 0.713. The molecule has 1 saturated heterocycles. The van der Waals surface area contributed by atoms with Crippen LogP contribution in [-0.4, -0.2) is 33.0 Å². The van der Waals surface area contributed by atoms with Crippen LogP contribution in [0.1, 0.15) is 18.9 Å². The number of nitrogens with one attached hydrogen (secondary N) is 1. The highest BCUT2D eigenvalue weighted by molar-refractivity contribution is 9.10. The second-order valence-electron chi connectivity index (χ2n) is 5.61. The molecule has 3 heterocycles. The molecule has 1 unspecified atom stereocenters. The molecule has 24 heavy (non-hydrogen) atoms. The molecular formula is C16H17BrClN5O. The lowest BCUT2D eigenvalue weighted by molar-refractivity contribution is 0.346. The van der Waals surface area contributed by atoms with Crippen LogP contribution in [0.2, 0.25) is 0 Å². The van der Waals surface area contributed by atoms with E-state index in [4.69, 9.17) is 4.52 Å². The van der Waals surface area contributed by atoms with Gasteiger partial charge in [-0.1, -0.05) is 33.2 Å². The average Bonchev–Trinajstić information content (AvgIpc) is 3.25. The van der Waals surface area contributed by atoms with Crippen molar-refractivity contribution in [3.63, 3.8) is 0 Å². The van der Waals surface area contributed by atoms with E-state index in [1.165, 1.54) is 6.42 Å². The zero-order valence-electron chi connectivity index (χ0n) is 12.9. The molecule has 126 valence electrons. The van der Waals surface area contributed by atoms with Crippen molar-refractivity contribution in [3.8, 4) is 23.0 Å². The molecule has 1 aromatic carbocycles. The third-order valence-corrected chi connectivity index (χ3v) is 4.47. The normalized spacial score (nSPS) is 17.5. The number of nitrogens with zero attached hydrogens (tertiary/aromatic N) is 4. The van der Waals surface area contributed by atoms with Gasteiger partial charge in [0.15, 0.2) is 5.69 Å². The van der Waals surface area contributed by atoms with Crippen molar-refractivity contribution in [1.29, 1.82) is 0 Å². The van der Waals surface area contributed by atoms with E-state index in [9.17, 15) is 0 Å². The molecule has 1 atom stereocenters. The molecule has 0 aliphatic carbocycles. The summed E-state index contributed by atoms with van der Waals surface area (Å²) < 4.78 is 8.35. The van der Waals surface area contributed by atoms with Gasteiger partial charge in [0.25, 0.3) is 5.89 Å². The Morgan fingerprint density at radius 2 is 2.21 bits per heavy atom. The Kier molecular flexibility index (Phi) is 5.33. The zero-order chi connectivity index (χ0) is 15.6. The van der Waals surface area contributed by atoms with Crippen molar-refractivity contribution in [2.45, 2.75) is 18.9 Å². The van der Waals surface area contributed by atoms with Gasteiger partial charge in [0, 0.05) is 22.8 Å². The van der Waals surface area contributed by atoms with Gasteiger partial charge in [0.1, 0.15) is 0 Å². The third-order valence-electron chi connectivity index (χ3n) is 3.98. The second-order valence-corrected chi connectivity index (χ2v) is 6.53. The maximum Gasteiger partial charge on any atom is 0.278 e. The van der Waals surface area contributed by atoms with Crippen LogP contribution < -0.4 is 5.32 Å². The molecule has 8 heteroatoms. The molecule has 1 aliphatic rings. The third kappa shape index (κ3) is 3.53. The molecule has 1 aliphatic heterocycles. The van der Waals surface area contributed by atoms with Gasteiger partial charge in [-0.15, -0.1) is 12.4 Å². The fourth-order valence-electron chi connectivity index (χ4n) is 2.79. The lowest BCUT2D eigenvalue weighted by atomic mass is 10.1. The first-order valence-corrected chi connectivity index (χ1v) is 8.45. The predicted octanol–water partition coefficient (Wildman–Crippen LogP) is 3.71. The summed E-state index contributed by atoms with van der Waals surface area (Å²) in [5.74, 6) is 1.01. The first-order chi connectivity index (χ1) is 11.3. The number of halogens is 2. The van der Waals surface area contributed by atoms with Crippen LogP contribution in [0.3, 0.4) is 0 Å². The molecular weight excluding hydrogens is 394 g/mol. The summed E-state index contributed by atoms with van der Waals surface area (Å²) in [6.45, 7) is 2.04. The Bertz CT molecular complexity index is 812. The maximum absolute atomic E-state index is 5.38. The standard InChI is InChI=1S/C16H16BrN5O.ClH/c17-12-4-1-3-11(9-12)15-19-16(23-21-15)14-6-8-22(20-14)13-5-2-7-18-10-13;/h1,3-4,6,8-9,13,18H,2,5,7,10H2;1H. The summed E-state index contributed by atoms with van der Waals surface area (Å²) in [6, 6.07) is 10.1. The first kappa shape index (κ1) is 17.1. The summed E-state index contributed by atoms with van der Waals surface area (Å²) in [6.07, 6.45) is 4.30. The fraction of sp³-hybridized carbons (Fsp3) is 0.312. The van der Waals surface area contributed by atoms with E-state index < -0.39 is 0 Å². The molecule has 1 fully saturated rings. The van der Waals surface area contributed by atoms with Gasteiger partial charge in [-0.05, 0) is 37.6 Å².